The zero-order chi connectivity index (χ0) is 23.5. The molecule has 2 amide bonds. The molecule has 11 heteroatoms. The number of nitrogens with one attached hydrogen (secondary N) is 4. The van der Waals surface area contributed by atoms with E-state index < -0.39 is 0 Å². The van der Waals surface area contributed by atoms with E-state index in [9.17, 15) is 9.59 Å². The molecule has 176 valence electrons. The van der Waals surface area contributed by atoms with Gasteiger partial charge in [-0.05, 0) is 48.7 Å². The molecular formula is C23H23ClN6O3S. The number of anilines is 3. The van der Waals surface area contributed by atoms with E-state index in [2.05, 4.69) is 26.7 Å². The Bertz CT molecular complexity index is 1190. The van der Waals surface area contributed by atoms with Crippen LogP contribution in [0.1, 0.15) is 39.8 Å². The fourth-order valence-electron chi connectivity index (χ4n) is 3.90. The van der Waals surface area contributed by atoms with E-state index in [1.807, 2.05) is 30.3 Å². The Morgan fingerprint density at radius 2 is 1.88 bits per heavy atom. The number of carbonyl (C=O) groups is 2. The number of amides is 2. The predicted molar refractivity (Wildman–Crippen MR) is 132 cm³/mol. The number of ether oxygens (including phenoxy) is 1. The number of thiazole rings is 1. The first-order valence-corrected chi connectivity index (χ1v) is 12.1. The highest BCUT2D eigenvalue weighted by Gasteiger charge is 2.27. The van der Waals surface area contributed by atoms with Gasteiger partial charge >= 0.3 is 6.09 Å². The van der Waals surface area contributed by atoms with Crippen molar-refractivity contribution in [1.29, 1.82) is 0 Å². The van der Waals surface area contributed by atoms with E-state index in [-0.39, 0.29) is 24.5 Å². The Hall–Kier alpha value is -3.34. The molecule has 2 aromatic carbocycles. The van der Waals surface area contributed by atoms with Crippen LogP contribution in [0.2, 0.25) is 5.02 Å². The molecule has 1 saturated heterocycles. The van der Waals surface area contributed by atoms with E-state index in [4.69, 9.17) is 16.3 Å². The molecule has 9 nitrogen and oxygen atoms in total. The molecule has 34 heavy (non-hydrogen) atoms. The third kappa shape index (κ3) is 5.09. The molecule has 0 bridgehead atoms. The van der Waals surface area contributed by atoms with Gasteiger partial charge < -0.3 is 25.8 Å². The van der Waals surface area contributed by atoms with Crippen LogP contribution in [0.15, 0.2) is 47.8 Å². The first-order chi connectivity index (χ1) is 16.5. The van der Waals surface area contributed by atoms with Crippen LogP contribution in [0.4, 0.5) is 21.9 Å². The lowest BCUT2D eigenvalue weighted by Gasteiger charge is -2.30. The molecule has 1 aromatic heterocycles. The maximum atomic E-state index is 12.7. The highest BCUT2D eigenvalue weighted by Crippen LogP contribution is 2.31. The van der Waals surface area contributed by atoms with Crippen LogP contribution in [0.3, 0.4) is 0 Å². The van der Waals surface area contributed by atoms with Gasteiger partial charge in [0, 0.05) is 35.1 Å². The molecular weight excluding hydrogens is 476 g/mol. The Morgan fingerprint density at radius 3 is 2.68 bits per heavy atom. The molecule has 4 N–H and O–H groups in total. The Morgan fingerprint density at radius 1 is 1.12 bits per heavy atom. The first kappa shape index (κ1) is 22.5. The minimum Gasteiger partial charge on any atom is -0.445 e. The van der Waals surface area contributed by atoms with Gasteiger partial charge in [0.25, 0.3) is 5.91 Å². The number of hydrogen-bond acceptors (Lipinski definition) is 8. The van der Waals surface area contributed by atoms with Crippen LogP contribution in [0.25, 0.3) is 0 Å². The molecule has 0 saturated carbocycles. The Kier molecular flexibility index (Phi) is 6.52. The lowest BCUT2D eigenvalue weighted by Crippen LogP contribution is -2.38. The fourth-order valence-corrected chi connectivity index (χ4v) is 5.00. The normalized spacial score (nSPS) is 15.3. The number of halogens is 1. The summed E-state index contributed by atoms with van der Waals surface area (Å²) in [6, 6.07) is 12.8. The van der Waals surface area contributed by atoms with Gasteiger partial charge in [0.15, 0.2) is 0 Å². The molecule has 0 unspecified atom stereocenters. The van der Waals surface area contributed by atoms with E-state index in [0.717, 1.165) is 34.8 Å². The molecule has 0 atom stereocenters. The molecule has 5 rings (SSSR count). The molecule has 0 aliphatic carbocycles. The molecule has 0 radical (unpaired) electrons. The summed E-state index contributed by atoms with van der Waals surface area (Å²) in [7, 11) is 0. The summed E-state index contributed by atoms with van der Waals surface area (Å²) in [4.78, 5) is 31.4. The summed E-state index contributed by atoms with van der Waals surface area (Å²) in [5, 5.41) is 6.24. The van der Waals surface area contributed by atoms with E-state index >= 15 is 0 Å². The minimum absolute atomic E-state index is 0.216. The molecule has 0 spiro atoms. The summed E-state index contributed by atoms with van der Waals surface area (Å²) >= 11 is 7.37. The number of piperidine rings is 1. The van der Waals surface area contributed by atoms with Crippen LogP contribution in [0.5, 0.6) is 0 Å². The summed E-state index contributed by atoms with van der Waals surface area (Å²) in [6.45, 7) is 1.40. The second-order valence-corrected chi connectivity index (χ2v) is 9.43. The van der Waals surface area contributed by atoms with Gasteiger partial charge in [-0.1, -0.05) is 23.7 Å². The molecule has 1 fully saturated rings. The zero-order valence-corrected chi connectivity index (χ0v) is 19.7. The highest BCUT2D eigenvalue weighted by molar-refractivity contribution is 7.10. The highest BCUT2D eigenvalue weighted by atomic mass is 35.5. The van der Waals surface area contributed by atoms with E-state index in [0.29, 0.717) is 29.5 Å². The quantitative estimate of drug-likeness (QED) is 0.399. The van der Waals surface area contributed by atoms with Crippen molar-refractivity contribution >= 4 is 52.0 Å². The van der Waals surface area contributed by atoms with Gasteiger partial charge in [-0.2, -0.15) is 0 Å². The zero-order valence-electron chi connectivity index (χ0n) is 18.1. The van der Waals surface area contributed by atoms with Crippen LogP contribution >= 0.6 is 22.9 Å². The maximum Gasteiger partial charge on any atom is 0.410 e. The number of hydrazine groups is 2. The number of carbonyl (C=O) groups excluding carboxylic acids is 2. The number of benzene rings is 2. The minimum atomic E-state index is -0.318. The lowest BCUT2D eigenvalue weighted by molar-refractivity contribution is 0.0870. The second kappa shape index (κ2) is 9.88. The number of aromatic nitrogens is 1. The first-order valence-electron chi connectivity index (χ1n) is 10.9. The molecule has 2 aliphatic heterocycles. The third-order valence-electron chi connectivity index (χ3n) is 5.80. The van der Waals surface area contributed by atoms with Gasteiger partial charge in [0.1, 0.15) is 12.3 Å². The van der Waals surface area contributed by atoms with Crippen LogP contribution in [-0.4, -0.2) is 35.0 Å². The maximum absolute atomic E-state index is 12.7. The van der Waals surface area contributed by atoms with Gasteiger partial charge in [-0.3, -0.25) is 4.79 Å². The van der Waals surface area contributed by atoms with Crippen molar-refractivity contribution in [2.24, 2.45) is 0 Å². The number of rotatable bonds is 5. The van der Waals surface area contributed by atoms with Crippen molar-refractivity contribution in [2.75, 3.05) is 29.3 Å². The smallest absolute Gasteiger partial charge is 0.410 e. The van der Waals surface area contributed by atoms with Gasteiger partial charge in [0.2, 0.25) is 0 Å². The second-order valence-electron chi connectivity index (χ2n) is 8.10. The average molecular weight is 499 g/mol. The summed E-state index contributed by atoms with van der Waals surface area (Å²) < 4.78 is 5.43. The summed E-state index contributed by atoms with van der Waals surface area (Å²) in [5.41, 5.74) is 12.5. The number of hydrogen-bond donors (Lipinski definition) is 4. The molecule has 2 aliphatic rings. The van der Waals surface area contributed by atoms with Crippen LogP contribution in [-0.2, 0) is 11.3 Å². The van der Waals surface area contributed by atoms with Crippen molar-refractivity contribution in [3.8, 4) is 0 Å². The third-order valence-corrected chi connectivity index (χ3v) is 7.06. The number of nitrogens with zero attached hydrogens (tertiary/aromatic N) is 2. The van der Waals surface area contributed by atoms with E-state index in [1.165, 1.54) is 11.3 Å². The van der Waals surface area contributed by atoms with Crippen LogP contribution in [0, 0.1) is 0 Å². The predicted octanol–water partition coefficient (Wildman–Crippen LogP) is 4.82. The Labute approximate surface area is 205 Å². The topological polar surface area (TPSA) is 108 Å². The van der Waals surface area contributed by atoms with Crippen molar-refractivity contribution in [2.45, 2.75) is 25.4 Å². The SMILES string of the molecule is O=C(Nc1ccc2c(c1)NNN2)c1csc(C2CCN(C(=O)OCc3ccc(Cl)cc3)CC2)n1. The van der Waals surface area contributed by atoms with Gasteiger partial charge in [-0.25, -0.2) is 9.78 Å². The standard InChI is InChI=1S/C23H23ClN6O3S/c24-16-3-1-14(2-4-16)12-33-23(32)30-9-7-15(8-10-30)22-26-20(13-34-22)21(31)25-17-5-6-18-19(11-17)28-29-27-18/h1-6,11,13,15,27-29H,7-10,12H2,(H,25,31). The van der Waals surface area contributed by atoms with E-state index in [1.54, 1.807) is 22.4 Å². The molecule has 3 heterocycles. The van der Waals surface area contributed by atoms with Crippen molar-refractivity contribution in [3.05, 3.63) is 69.1 Å². The number of fused-ring (bicyclic) bond motifs is 1. The summed E-state index contributed by atoms with van der Waals surface area (Å²) in [5.74, 6) is -0.0298. The van der Waals surface area contributed by atoms with Crippen molar-refractivity contribution < 1.29 is 14.3 Å². The molecule has 3 aromatic rings. The average Bonchev–Trinajstić information content (AvgIpc) is 3.53. The van der Waals surface area contributed by atoms with Gasteiger partial charge in [-0.15, -0.1) is 16.9 Å². The summed E-state index contributed by atoms with van der Waals surface area (Å²) in [6.07, 6.45) is 1.24. The number of likely N-dealkylation sites (tertiary alicyclic amines) is 1. The fraction of sp³-hybridized carbons (Fsp3) is 0.261. The van der Waals surface area contributed by atoms with Crippen molar-refractivity contribution in [1.82, 2.24) is 15.4 Å². The van der Waals surface area contributed by atoms with Gasteiger partial charge in [0.05, 0.1) is 16.4 Å². The van der Waals surface area contributed by atoms with Crippen LogP contribution < -0.4 is 21.7 Å². The monoisotopic (exact) mass is 498 g/mol. The Balaban J connectivity index is 1.11. The lowest BCUT2D eigenvalue weighted by atomic mass is 9.98. The van der Waals surface area contributed by atoms with Crippen molar-refractivity contribution in [3.63, 3.8) is 0 Å². The largest absolute Gasteiger partial charge is 0.445 e.